The molecule has 0 unspecified atom stereocenters. The average molecular weight is 847 g/mol. The summed E-state index contributed by atoms with van der Waals surface area (Å²) in [5, 5.41) is 10.5. The first kappa shape index (κ1) is 57.9. The fraction of sp³-hybridized carbons (Fsp3) is 0.868. The van der Waals surface area contributed by atoms with Gasteiger partial charge in [-0.1, -0.05) is 199 Å². The molecule has 0 fully saturated rings. The van der Waals surface area contributed by atoms with Gasteiger partial charge in [-0.3, -0.25) is 14.4 Å². The Bertz CT molecular complexity index is 949. The molecule has 0 saturated carbocycles. The predicted molar refractivity (Wildman–Crippen MR) is 253 cm³/mol. The molecular weight excluding hydrogens is 749 g/mol. The van der Waals surface area contributed by atoms with Gasteiger partial charge in [0.2, 0.25) is 0 Å². The van der Waals surface area contributed by atoms with E-state index in [1.807, 2.05) is 0 Å². The highest BCUT2D eigenvalue weighted by molar-refractivity contribution is 5.70. The molecule has 0 saturated heterocycles. The van der Waals surface area contributed by atoms with Crippen molar-refractivity contribution in [1.29, 1.82) is 0 Å². The maximum atomic E-state index is 12.8. The fourth-order valence-corrected chi connectivity index (χ4v) is 7.44. The summed E-state index contributed by atoms with van der Waals surface area (Å²) in [7, 11) is 0. The number of allylic oxidation sites excluding steroid dienone is 4. The van der Waals surface area contributed by atoms with Crippen LogP contribution in [0.1, 0.15) is 265 Å². The zero-order valence-corrected chi connectivity index (χ0v) is 39.9. The van der Waals surface area contributed by atoms with E-state index in [1.165, 1.54) is 141 Å². The van der Waals surface area contributed by atoms with Gasteiger partial charge < -0.3 is 19.3 Å². The highest BCUT2D eigenvalue weighted by Gasteiger charge is 2.35. The molecule has 1 N–H and O–H groups in total. The molecular formula is C53H98O7. The van der Waals surface area contributed by atoms with Crippen molar-refractivity contribution < 1.29 is 33.7 Å². The topological polar surface area (TPSA) is 99.1 Å². The lowest BCUT2D eigenvalue weighted by molar-refractivity contribution is -0.165. The number of hydrogen-bond acceptors (Lipinski definition) is 7. The number of aliphatic hydroxyl groups is 1. The summed E-state index contributed by atoms with van der Waals surface area (Å²) in [4.78, 5) is 38.2. The van der Waals surface area contributed by atoms with Crippen molar-refractivity contribution in [2.24, 2.45) is 5.41 Å². The van der Waals surface area contributed by atoms with E-state index < -0.39 is 12.0 Å². The second-order valence-electron chi connectivity index (χ2n) is 17.9. The third-order valence-electron chi connectivity index (χ3n) is 11.7. The van der Waals surface area contributed by atoms with Crippen molar-refractivity contribution in [3.05, 3.63) is 24.3 Å². The number of esters is 3. The first-order chi connectivity index (χ1) is 29.4. The molecule has 60 heavy (non-hydrogen) atoms. The number of ether oxygens (including phenoxy) is 3. The summed E-state index contributed by atoms with van der Waals surface area (Å²) in [6.07, 6.45) is 51.5. The van der Waals surface area contributed by atoms with E-state index in [4.69, 9.17) is 14.2 Å². The Morgan fingerprint density at radius 3 is 0.800 bits per heavy atom. The van der Waals surface area contributed by atoms with Crippen LogP contribution in [-0.4, -0.2) is 49.4 Å². The maximum absolute atomic E-state index is 12.8. The molecule has 0 amide bonds. The number of unbranched alkanes of at least 4 members (excludes halogenated alkanes) is 30. The van der Waals surface area contributed by atoms with Crippen LogP contribution in [-0.2, 0) is 28.6 Å². The summed E-state index contributed by atoms with van der Waals surface area (Å²) in [6.45, 7) is 5.81. The quantitative estimate of drug-likeness (QED) is 0.0282. The molecule has 0 bridgehead atoms. The maximum Gasteiger partial charge on any atom is 0.305 e. The number of aliphatic hydroxyl groups excluding tert-OH is 1. The minimum Gasteiger partial charge on any atom is -0.465 e. The van der Waals surface area contributed by atoms with Crippen LogP contribution in [0.4, 0.5) is 0 Å². The van der Waals surface area contributed by atoms with E-state index in [1.54, 1.807) is 0 Å². The van der Waals surface area contributed by atoms with Crippen LogP contribution in [0.5, 0.6) is 0 Å². The summed E-state index contributed by atoms with van der Waals surface area (Å²) >= 11 is 0. The lowest BCUT2D eigenvalue weighted by Crippen LogP contribution is -2.42. The molecule has 7 nitrogen and oxygen atoms in total. The van der Waals surface area contributed by atoms with Gasteiger partial charge in [-0.25, -0.2) is 0 Å². The Kier molecular flexibility index (Phi) is 44.7. The highest BCUT2D eigenvalue weighted by Crippen LogP contribution is 2.22. The van der Waals surface area contributed by atoms with Gasteiger partial charge in [-0.15, -0.1) is 0 Å². The lowest BCUT2D eigenvalue weighted by atomic mass is 9.92. The second kappa shape index (κ2) is 46.4. The standard InChI is InChI=1S/C53H98O7/c1-4-7-10-13-16-19-21-23-25-27-29-32-35-38-41-44-51(56)59-48-53(46-54,47-58-50(55)43-40-37-34-31-18-15-12-9-6-3)49-60-52(57)45-42-39-36-33-30-28-26-24-22-20-17-14-11-8-5-2/h23-26,54H,4-22,27-49H2,1-3H3. The Morgan fingerprint density at radius 1 is 0.350 bits per heavy atom. The first-order valence-corrected chi connectivity index (χ1v) is 25.8. The Labute approximate surface area is 371 Å². The zero-order chi connectivity index (χ0) is 43.9. The summed E-state index contributed by atoms with van der Waals surface area (Å²) < 4.78 is 16.9. The van der Waals surface area contributed by atoms with Gasteiger partial charge in [0.1, 0.15) is 19.8 Å². The Morgan fingerprint density at radius 2 is 0.567 bits per heavy atom. The largest absolute Gasteiger partial charge is 0.465 e. The molecule has 0 heterocycles. The lowest BCUT2D eigenvalue weighted by Gasteiger charge is -2.30. The third kappa shape index (κ3) is 41.2. The molecule has 0 atom stereocenters. The molecule has 0 aromatic rings. The van der Waals surface area contributed by atoms with Gasteiger partial charge >= 0.3 is 17.9 Å². The summed E-state index contributed by atoms with van der Waals surface area (Å²) in [5.41, 5.74) is -1.19. The van der Waals surface area contributed by atoms with Crippen LogP contribution in [0.2, 0.25) is 0 Å². The molecule has 0 aliphatic rings. The van der Waals surface area contributed by atoms with Crippen molar-refractivity contribution >= 4 is 17.9 Å². The van der Waals surface area contributed by atoms with E-state index in [9.17, 15) is 19.5 Å². The van der Waals surface area contributed by atoms with Crippen LogP contribution in [0, 0.1) is 5.41 Å². The Balaban J connectivity index is 4.58. The highest BCUT2D eigenvalue weighted by atomic mass is 16.6. The van der Waals surface area contributed by atoms with Crippen molar-refractivity contribution in [3.63, 3.8) is 0 Å². The molecule has 0 aliphatic carbocycles. The van der Waals surface area contributed by atoms with E-state index in [-0.39, 0.29) is 37.7 Å². The van der Waals surface area contributed by atoms with Gasteiger partial charge in [0.15, 0.2) is 0 Å². The Hall–Kier alpha value is -2.15. The van der Waals surface area contributed by atoms with E-state index in [2.05, 4.69) is 45.1 Å². The fourth-order valence-electron chi connectivity index (χ4n) is 7.44. The van der Waals surface area contributed by atoms with Crippen molar-refractivity contribution in [3.8, 4) is 0 Å². The molecule has 0 radical (unpaired) electrons. The minimum absolute atomic E-state index is 0.166. The van der Waals surface area contributed by atoms with Crippen LogP contribution < -0.4 is 0 Å². The van der Waals surface area contributed by atoms with Gasteiger partial charge in [0.25, 0.3) is 0 Å². The minimum atomic E-state index is -1.19. The first-order valence-electron chi connectivity index (χ1n) is 25.8. The summed E-state index contributed by atoms with van der Waals surface area (Å²) in [6, 6.07) is 0. The number of carbonyl (C=O) groups excluding carboxylic acids is 3. The number of carbonyl (C=O) groups is 3. The molecule has 0 aromatic carbocycles. The molecule has 7 heteroatoms. The monoisotopic (exact) mass is 847 g/mol. The van der Waals surface area contributed by atoms with Crippen LogP contribution >= 0.6 is 0 Å². The van der Waals surface area contributed by atoms with Gasteiger partial charge in [-0.2, -0.15) is 0 Å². The van der Waals surface area contributed by atoms with Crippen LogP contribution in [0.25, 0.3) is 0 Å². The zero-order valence-electron chi connectivity index (χ0n) is 39.9. The van der Waals surface area contributed by atoms with Crippen molar-refractivity contribution in [2.45, 2.75) is 265 Å². The van der Waals surface area contributed by atoms with Crippen LogP contribution in [0.3, 0.4) is 0 Å². The van der Waals surface area contributed by atoms with Gasteiger partial charge in [0, 0.05) is 19.3 Å². The SMILES string of the molecule is CCCCCCCCC=CCCCCCCCC(=O)OCC(CO)(COC(=O)CCCCCCCC=CCCCCCCCC)COC(=O)CCCCCCCCCCC. The number of rotatable bonds is 47. The number of hydrogen-bond donors (Lipinski definition) is 1. The molecule has 352 valence electrons. The predicted octanol–water partition coefficient (Wildman–Crippen LogP) is 15.6. The van der Waals surface area contributed by atoms with Crippen LogP contribution in [0.15, 0.2) is 24.3 Å². The average Bonchev–Trinajstić information content (AvgIpc) is 3.25. The van der Waals surface area contributed by atoms with Gasteiger partial charge in [0.05, 0.1) is 12.0 Å². The van der Waals surface area contributed by atoms with Crippen molar-refractivity contribution in [1.82, 2.24) is 0 Å². The molecule has 0 spiro atoms. The smallest absolute Gasteiger partial charge is 0.305 e. The van der Waals surface area contributed by atoms with Gasteiger partial charge in [-0.05, 0) is 70.6 Å². The van der Waals surface area contributed by atoms with E-state index >= 15 is 0 Å². The second-order valence-corrected chi connectivity index (χ2v) is 17.9. The summed E-state index contributed by atoms with van der Waals surface area (Å²) in [5.74, 6) is -1.02. The molecule has 0 rings (SSSR count). The third-order valence-corrected chi connectivity index (χ3v) is 11.7. The normalized spacial score (nSPS) is 12.7. The van der Waals surface area contributed by atoms with E-state index in [0.29, 0.717) is 19.3 Å². The van der Waals surface area contributed by atoms with E-state index in [0.717, 1.165) is 83.5 Å². The van der Waals surface area contributed by atoms with Crippen molar-refractivity contribution in [2.75, 3.05) is 26.4 Å². The molecule has 0 aliphatic heterocycles. The molecule has 0 aromatic heterocycles.